The van der Waals surface area contributed by atoms with Crippen molar-refractivity contribution < 1.29 is 5.11 Å². The van der Waals surface area contributed by atoms with Crippen LogP contribution in [0.4, 0.5) is 5.69 Å². The van der Waals surface area contributed by atoms with Gasteiger partial charge >= 0.3 is 0 Å². The third kappa shape index (κ3) is 3.73. The van der Waals surface area contributed by atoms with E-state index in [0.717, 1.165) is 23.1 Å². The van der Waals surface area contributed by atoms with Crippen molar-refractivity contribution in [3.05, 3.63) is 28.2 Å². The lowest BCUT2D eigenvalue weighted by molar-refractivity contribution is 0.198. The van der Waals surface area contributed by atoms with Gasteiger partial charge in [0.2, 0.25) is 0 Å². The third-order valence-corrected chi connectivity index (χ3v) is 4.83. The Bertz CT molecular complexity index is 442. The van der Waals surface area contributed by atoms with E-state index in [4.69, 9.17) is 0 Å². The van der Waals surface area contributed by atoms with Crippen LogP contribution >= 0.6 is 15.9 Å². The molecule has 1 aromatic carbocycles. The van der Waals surface area contributed by atoms with Crippen molar-refractivity contribution in [2.75, 3.05) is 18.0 Å². The van der Waals surface area contributed by atoms with Crippen molar-refractivity contribution in [2.24, 2.45) is 5.41 Å². The molecule has 0 bridgehead atoms. The summed E-state index contributed by atoms with van der Waals surface area (Å²) in [7, 11) is 0. The fraction of sp³-hybridized carbons (Fsp3) is 0.625. The first-order valence-electron chi connectivity index (χ1n) is 7.11. The van der Waals surface area contributed by atoms with E-state index in [1.807, 2.05) is 6.07 Å². The van der Waals surface area contributed by atoms with Gasteiger partial charge < -0.3 is 10.0 Å². The first kappa shape index (κ1) is 14.9. The molecule has 19 heavy (non-hydrogen) atoms. The van der Waals surface area contributed by atoms with Crippen LogP contribution in [0.1, 0.15) is 51.7 Å². The normalized spacial score (nSPS) is 21.0. The standard InChI is InChI=1S/C16H24BrNO/c1-12(19)14-6-5-13(11-15(14)17)18-9-4-7-16(2,3)8-10-18/h5-6,11-12,19H,4,7-10H2,1-3H3/t12-/m1/s1. The second-order valence-corrected chi connectivity index (χ2v) is 7.24. The van der Waals surface area contributed by atoms with Crippen LogP contribution in [-0.4, -0.2) is 18.2 Å². The van der Waals surface area contributed by atoms with E-state index < -0.39 is 6.10 Å². The molecule has 1 aliphatic rings. The van der Waals surface area contributed by atoms with Crippen LogP contribution in [0.2, 0.25) is 0 Å². The first-order chi connectivity index (χ1) is 8.89. The van der Waals surface area contributed by atoms with E-state index in [-0.39, 0.29) is 0 Å². The highest BCUT2D eigenvalue weighted by atomic mass is 79.9. The number of hydrogen-bond donors (Lipinski definition) is 1. The smallest absolute Gasteiger partial charge is 0.0772 e. The summed E-state index contributed by atoms with van der Waals surface area (Å²) in [5.74, 6) is 0. The Morgan fingerprint density at radius 2 is 2.00 bits per heavy atom. The van der Waals surface area contributed by atoms with Crippen molar-refractivity contribution in [3.8, 4) is 0 Å². The van der Waals surface area contributed by atoms with Gasteiger partial charge in [-0.25, -0.2) is 0 Å². The molecule has 0 radical (unpaired) electrons. The molecular weight excluding hydrogens is 302 g/mol. The van der Waals surface area contributed by atoms with Crippen LogP contribution in [-0.2, 0) is 0 Å². The van der Waals surface area contributed by atoms with Gasteiger partial charge in [-0.2, -0.15) is 0 Å². The van der Waals surface area contributed by atoms with E-state index >= 15 is 0 Å². The third-order valence-electron chi connectivity index (χ3n) is 4.14. The minimum Gasteiger partial charge on any atom is -0.389 e. The van der Waals surface area contributed by atoms with Gasteiger partial charge in [0, 0.05) is 23.2 Å². The molecule has 1 saturated heterocycles. The fourth-order valence-corrected chi connectivity index (χ4v) is 3.43. The molecule has 0 saturated carbocycles. The van der Waals surface area contributed by atoms with Crippen LogP contribution < -0.4 is 4.90 Å². The number of benzene rings is 1. The summed E-state index contributed by atoms with van der Waals surface area (Å²) in [5.41, 5.74) is 2.68. The Morgan fingerprint density at radius 3 is 2.63 bits per heavy atom. The highest BCUT2D eigenvalue weighted by Gasteiger charge is 2.23. The summed E-state index contributed by atoms with van der Waals surface area (Å²) in [4.78, 5) is 2.46. The van der Waals surface area contributed by atoms with Gasteiger partial charge in [-0.1, -0.05) is 35.8 Å². The zero-order chi connectivity index (χ0) is 14.0. The lowest BCUT2D eigenvalue weighted by Gasteiger charge is -2.25. The van der Waals surface area contributed by atoms with Crippen molar-refractivity contribution in [1.82, 2.24) is 0 Å². The van der Waals surface area contributed by atoms with E-state index in [0.29, 0.717) is 5.41 Å². The zero-order valence-corrected chi connectivity index (χ0v) is 13.7. The van der Waals surface area contributed by atoms with Crippen LogP contribution in [0.25, 0.3) is 0 Å². The summed E-state index contributed by atoms with van der Waals surface area (Å²) in [5, 5.41) is 9.68. The maximum absolute atomic E-state index is 9.68. The van der Waals surface area contributed by atoms with Gasteiger partial charge in [-0.3, -0.25) is 0 Å². The Labute approximate surface area is 124 Å². The molecule has 0 spiro atoms. The molecule has 0 unspecified atom stereocenters. The molecule has 1 aromatic rings. The molecule has 106 valence electrons. The summed E-state index contributed by atoms with van der Waals surface area (Å²) in [6, 6.07) is 6.30. The predicted molar refractivity (Wildman–Crippen MR) is 84.6 cm³/mol. The average Bonchev–Trinajstić information content (AvgIpc) is 2.49. The second-order valence-electron chi connectivity index (χ2n) is 6.39. The second kappa shape index (κ2) is 5.84. The number of anilines is 1. The zero-order valence-electron chi connectivity index (χ0n) is 12.1. The molecule has 2 rings (SSSR count). The number of aliphatic hydroxyl groups excluding tert-OH is 1. The van der Waals surface area contributed by atoms with E-state index in [9.17, 15) is 5.11 Å². The average molecular weight is 326 g/mol. The highest BCUT2D eigenvalue weighted by Crippen LogP contribution is 2.33. The predicted octanol–water partition coefficient (Wildman–Crippen LogP) is 4.52. The number of nitrogens with zero attached hydrogens (tertiary/aromatic N) is 1. The van der Waals surface area contributed by atoms with Crippen molar-refractivity contribution in [3.63, 3.8) is 0 Å². The van der Waals surface area contributed by atoms with Gasteiger partial charge in [0.05, 0.1) is 6.10 Å². The maximum atomic E-state index is 9.68. The number of halogens is 1. The van der Waals surface area contributed by atoms with E-state index in [2.05, 4.69) is 46.8 Å². The molecule has 3 heteroatoms. The molecular formula is C16H24BrNO. The van der Waals surface area contributed by atoms with E-state index in [1.54, 1.807) is 6.92 Å². The Kier molecular flexibility index (Phi) is 4.57. The van der Waals surface area contributed by atoms with Gasteiger partial charge in [0.25, 0.3) is 0 Å². The molecule has 1 N–H and O–H groups in total. The van der Waals surface area contributed by atoms with Crippen molar-refractivity contribution in [2.45, 2.75) is 46.1 Å². The Hall–Kier alpha value is -0.540. The Morgan fingerprint density at radius 1 is 1.26 bits per heavy atom. The van der Waals surface area contributed by atoms with Gasteiger partial charge in [-0.05, 0) is 49.3 Å². The quantitative estimate of drug-likeness (QED) is 0.864. The molecule has 0 aromatic heterocycles. The monoisotopic (exact) mass is 325 g/mol. The lowest BCUT2D eigenvalue weighted by atomic mass is 9.85. The topological polar surface area (TPSA) is 23.5 Å². The Balaban J connectivity index is 2.16. The molecule has 1 fully saturated rings. The van der Waals surface area contributed by atoms with Gasteiger partial charge in [0.15, 0.2) is 0 Å². The van der Waals surface area contributed by atoms with Gasteiger partial charge in [0.1, 0.15) is 0 Å². The summed E-state index contributed by atoms with van der Waals surface area (Å²) >= 11 is 3.57. The van der Waals surface area contributed by atoms with Crippen molar-refractivity contribution in [1.29, 1.82) is 0 Å². The van der Waals surface area contributed by atoms with Crippen LogP contribution in [0.15, 0.2) is 22.7 Å². The summed E-state index contributed by atoms with van der Waals surface area (Å²) in [6.45, 7) is 8.78. The number of rotatable bonds is 2. The SMILES string of the molecule is C[C@@H](O)c1ccc(N2CCCC(C)(C)CC2)cc1Br. The molecule has 2 nitrogen and oxygen atoms in total. The maximum Gasteiger partial charge on any atom is 0.0772 e. The minimum atomic E-state index is -0.425. The van der Waals surface area contributed by atoms with Crippen LogP contribution in [0.3, 0.4) is 0 Å². The molecule has 1 aliphatic heterocycles. The molecule has 0 amide bonds. The number of aliphatic hydroxyl groups is 1. The lowest BCUT2D eigenvalue weighted by Crippen LogP contribution is -2.25. The fourth-order valence-electron chi connectivity index (χ4n) is 2.73. The summed E-state index contributed by atoms with van der Waals surface area (Å²) < 4.78 is 1.00. The molecule has 1 heterocycles. The van der Waals surface area contributed by atoms with E-state index in [1.165, 1.54) is 24.9 Å². The number of hydrogen-bond acceptors (Lipinski definition) is 2. The molecule has 0 aliphatic carbocycles. The van der Waals surface area contributed by atoms with Crippen LogP contribution in [0.5, 0.6) is 0 Å². The molecule has 1 atom stereocenters. The van der Waals surface area contributed by atoms with Gasteiger partial charge in [-0.15, -0.1) is 0 Å². The first-order valence-corrected chi connectivity index (χ1v) is 7.91. The minimum absolute atomic E-state index is 0.425. The largest absolute Gasteiger partial charge is 0.389 e. The van der Waals surface area contributed by atoms with Crippen LogP contribution in [0, 0.1) is 5.41 Å². The van der Waals surface area contributed by atoms with Crippen molar-refractivity contribution >= 4 is 21.6 Å². The summed E-state index contributed by atoms with van der Waals surface area (Å²) in [6.07, 6.45) is 3.37. The highest BCUT2D eigenvalue weighted by molar-refractivity contribution is 9.10.